The van der Waals surface area contributed by atoms with E-state index < -0.39 is 0 Å². The molecule has 146 valence electrons. The summed E-state index contributed by atoms with van der Waals surface area (Å²) in [5, 5.41) is 3.37. The molecule has 1 amide bonds. The van der Waals surface area contributed by atoms with Crippen LogP contribution in [-0.4, -0.2) is 25.2 Å². The van der Waals surface area contributed by atoms with Crippen molar-refractivity contribution < 1.29 is 14.3 Å². The predicted octanol–water partition coefficient (Wildman–Crippen LogP) is 4.11. The minimum atomic E-state index is 0.188. The second kappa shape index (κ2) is 6.72. The molecule has 4 saturated carbocycles. The van der Waals surface area contributed by atoms with Crippen molar-refractivity contribution in [1.82, 2.24) is 5.32 Å². The molecule has 5 aliphatic rings. The first-order chi connectivity index (χ1) is 13.1. The van der Waals surface area contributed by atoms with Crippen molar-refractivity contribution in [3.05, 3.63) is 23.8 Å². The lowest BCUT2D eigenvalue weighted by Gasteiger charge is -2.59. The van der Waals surface area contributed by atoms with Gasteiger partial charge in [-0.3, -0.25) is 4.79 Å². The Morgan fingerprint density at radius 3 is 2.37 bits per heavy atom. The van der Waals surface area contributed by atoms with Crippen molar-refractivity contribution in [3.63, 3.8) is 0 Å². The van der Waals surface area contributed by atoms with Gasteiger partial charge in [-0.15, -0.1) is 0 Å². The number of hydrogen-bond donors (Lipinski definition) is 1. The maximum atomic E-state index is 12.6. The third-order valence-corrected chi connectivity index (χ3v) is 7.63. The van der Waals surface area contributed by atoms with Crippen molar-refractivity contribution in [2.75, 3.05) is 13.2 Å². The summed E-state index contributed by atoms with van der Waals surface area (Å²) in [6, 6.07) is 6.33. The van der Waals surface area contributed by atoms with E-state index in [1.165, 1.54) is 38.5 Å². The van der Waals surface area contributed by atoms with Crippen LogP contribution < -0.4 is 14.8 Å². The van der Waals surface area contributed by atoms with E-state index in [1.807, 2.05) is 18.2 Å². The van der Waals surface area contributed by atoms with Gasteiger partial charge in [-0.25, -0.2) is 0 Å². The second-order valence-electron chi connectivity index (χ2n) is 9.55. The highest BCUT2D eigenvalue weighted by atomic mass is 16.6. The summed E-state index contributed by atoms with van der Waals surface area (Å²) < 4.78 is 11.2. The minimum Gasteiger partial charge on any atom is -0.486 e. The third-order valence-electron chi connectivity index (χ3n) is 7.63. The normalized spacial score (nSPS) is 34.3. The average molecular weight is 370 g/mol. The molecule has 4 aliphatic carbocycles. The number of aryl methyl sites for hydroxylation is 1. The van der Waals surface area contributed by atoms with Crippen LogP contribution in [0.15, 0.2) is 18.2 Å². The van der Waals surface area contributed by atoms with Crippen LogP contribution in [0.25, 0.3) is 0 Å². The van der Waals surface area contributed by atoms with Gasteiger partial charge in [-0.05, 0) is 92.7 Å². The number of ether oxygens (including phenoxy) is 2. The highest BCUT2D eigenvalue weighted by Gasteiger charge is 2.53. The lowest BCUT2D eigenvalue weighted by molar-refractivity contribution is -0.125. The van der Waals surface area contributed by atoms with Gasteiger partial charge in [0.25, 0.3) is 0 Å². The van der Waals surface area contributed by atoms with Crippen LogP contribution in [0, 0.1) is 23.2 Å². The number of nitrogens with one attached hydrogen (secondary N) is 1. The Hall–Kier alpha value is -1.71. The van der Waals surface area contributed by atoms with E-state index in [0.29, 0.717) is 31.1 Å². The molecule has 4 nitrogen and oxygen atoms in total. The van der Waals surface area contributed by atoms with Gasteiger partial charge in [0.05, 0.1) is 0 Å². The van der Waals surface area contributed by atoms with Crippen LogP contribution in [0.3, 0.4) is 0 Å². The molecule has 1 atom stereocenters. The number of amides is 1. The van der Waals surface area contributed by atoms with Crippen molar-refractivity contribution >= 4 is 5.91 Å². The van der Waals surface area contributed by atoms with Gasteiger partial charge < -0.3 is 14.8 Å². The molecule has 6 rings (SSSR count). The zero-order chi connectivity index (χ0) is 18.4. The molecule has 0 radical (unpaired) electrons. The van der Waals surface area contributed by atoms with E-state index in [4.69, 9.17) is 9.47 Å². The zero-order valence-electron chi connectivity index (χ0n) is 16.3. The summed E-state index contributed by atoms with van der Waals surface area (Å²) in [6.45, 7) is 3.46. The summed E-state index contributed by atoms with van der Waals surface area (Å²) in [4.78, 5) is 12.6. The Labute approximate surface area is 162 Å². The van der Waals surface area contributed by atoms with Crippen molar-refractivity contribution in [3.8, 4) is 11.5 Å². The molecule has 0 aromatic heterocycles. The van der Waals surface area contributed by atoms with Crippen molar-refractivity contribution in [1.29, 1.82) is 0 Å². The summed E-state index contributed by atoms with van der Waals surface area (Å²) in [5.74, 6) is 4.58. The summed E-state index contributed by atoms with van der Waals surface area (Å²) >= 11 is 0. The number of carbonyl (C=O) groups is 1. The monoisotopic (exact) mass is 369 g/mol. The first-order valence-corrected chi connectivity index (χ1v) is 10.8. The van der Waals surface area contributed by atoms with Gasteiger partial charge in [-0.2, -0.15) is 0 Å². The molecule has 1 heterocycles. The SMILES string of the molecule is CC(NC(=O)CCc1ccc2c(c1)OCCO2)C12CC3CC(CC(C3)C1)C2. The van der Waals surface area contributed by atoms with E-state index in [-0.39, 0.29) is 5.91 Å². The number of carbonyl (C=O) groups excluding carboxylic acids is 1. The molecule has 4 bridgehead atoms. The summed E-state index contributed by atoms with van der Waals surface area (Å²) in [7, 11) is 0. The molecular weight excluding hydrogens is 338 g/mol. The van der Waals surface area contributed by atoms with Crippen LogP contribution in [0.5, 0.6) is 11.5 Å². The molecule has 1 aliphatic heterocycles. The summed E-state index contributed by atoms with van der Waals surface area (Å²) in [5.41, 5.74) is 1.51. The average Bonchev–Trinajstić information content (AvgIpc) is 2.65. The van der Waals surface area contributed by atoms with Gasteiger partial charge in [0.1, 0.15) is 13.2 Å². The fraction of sp³-hybridized carbons (Fsp3) is 0.696. The third kappa shape index (κ3) is 3.32. The van der Waals surface area contributed by atoms with Crippen LogP contribution in [0.4, 0.5) is 0 Å². The topological polar surface area (TPSA) is 47.6 Å². The molecule has 1 aromatic carbocycles. The molecule has 0 spiro atoms. The Morgan fingerprint density at radius 2 is 1.70 bits per heavy atom. The van der Waals surface area contributed by atoms with Crippen LogP contribution in [-0.2, 0) is 11.2 Å². The Bertz CT molecular complexity index is 693. The fourth-order valence-electron chi connectivity index (χ4n) is 6.68. The van der Waals surface area contributed by atoms with Gasteiger partial charge in [0.2, 0.25) is 5.91 Å². The molecule has 1 N–H and O–H groups in total. The smallest absolute Gasteiger partial charge is 0.220 e. The lowest BCUT2D eigenvalue weighted by atomic mass is 9.48. The summed E-state index contributed by atoms with van der Waals surface area (Å²) in [6.07, 6.45) is 9.64. The maximum absolute atomic E-state index is 12.6. The quantitative estimate of drug-likeness (QED) is 0.850. The van der Waals surface area contributed by atoms with Gasteiger partial charge >= 0.3 is 0 Å². The van der Waals surface area contributed by atoms with Gasteiger partial charge in [-0.1, -0.05) is 6.07 Å². The number of fused-ring (bicyclic) bond motifs is 1. The molecule has 0 saturated heterocycles. The lowest BCUT2D eigenvalue weighted by Crippen LogP contribution is -2.55. The van der Waals surface area contributed by atoms with E-state index in [1.54, 1.807) is 0 Å². The second-order valence-corrected chi connectivity index (χ2v) is 9.55. The van der Waals surface area contributed by atoms with Gasteiger partial charge in [0.15, 0.2) is 11.5 Å². The Balaban J connectivity index is 1.18. The molecular formula is C23H31NO3. The van der Waals surface area contributed by atoms with E-state index >= 15 is 0 Å². The van der Waals surface area contributed by atoms with Crippen LogP contribution >= 0.6 is 0 Å². The highest BCUT2D eigenvalue weighted by Crippen LogP contribution is 2.61. The van der Waals surface area contributed by atoms with Crippen molar-refractivity contribution in [2.24, 2.45) is 23.2 Å². The standard InChI is InChI=1S/C23H31NO3/c1-15(23-12-17-8-18(13-23)10-19(9-17)14-23)24-22(25)5-3-16-2-4-20-21(11-16)27-7-6-26-20/h2,4,11,15,17-19H,3,5-10,12-14H2,1H3,(H,24,25). The number of benzene rings is 1. The van der Waals surface area contributed by atoms with Crippen molar-refractivity contribution in [2.45, 2.75) is 64.3 Å². The molecule has 1 unspecified atom stereocenters. The van der Waals surface area contributed by atoms with E-state index in [2.05, 4.69) is 12.2 Å². The first kappa shape index (κ1) is 17.4. The zero-order valence-corrected chi connectivity index (χ0v) is 16.3. The largest absolute Gasteiger partial charge is 0.486 e. The van der Waals surface area contributed by atoms with Crippen LogP contribution in [0.2, 0.25) is 0 Å². The molecule has 4 heteroatoms. The molecule has 1 aromatic rings. The highest BCUT2D eigenvalue weighted by molar-refractivity contribution is 5.76. The Kier molecular flexibility index (Phi) is 4.33. The van der Waals surface area contributed by atoms with Gasteiger partial charge in [0, 0.05) is 12.5 Å². The van der Waals surface area contributed by atoms with Crippen LogP contribution in [0.1, 0.15) is 57.4 Å². The fourth-order valence-corrected chi connectivity index (χ4v) is 6.68. The molecule has 4 fully saturated rings. The van der Waals surface area contributed by atoms with E-state index in [0.717, 1.165) is 41.2 Å². The predicted molar refractivity (Wildman–Crippen MR) is 104 cm³/mol. The number of hydrogen-bond acceptors (Lipinski definition) is 3. The first-order valence-electron chi connectivity index (χ1n) is 10.8. The Morgan fingerprint density at radius 1 is 1.07 bits per heavy atom. The minimum absolute atomic E-state index is 0.188. The maximum Gasteiger partial charge on any atom is 0.220 e. The van der Waals surface area contributed by atoms with E-state index in [9.17, 15) is 4.79 Å². The molecule has 27 heavy (non-hydrogen) atoms. The number of rotatable bonds is 5.